The van der Waals surface area contributed by atoms with Crippen LogP contribution in [0.3, 0.4) is 0 Å². The van der Waals surface area contributed by atoms with Crippen LogP contribution in [0.1, 0.15) is 42.5 Å². The monoisotopic (exact) mass is 306 g/mol. The molecule has 0 spiro atoms. The molecule has 4 nitrogen and oxygen atoms in total. The Morgan fingerprint density at radius 2 is 2.29 bits per heavy atom. The van der Waals surface area contributed by atoms with Gasteiger partial charge in [-0.15, -0.1) is 11.8 Å². The predicted molar refractivity (Wildman–Crippen MR) is 83.9 cm³/mol. The highest BCUT2D eigenvalue weighted by molar-refractivity contribution is 7.99. The minimum atomic E-state index is -0.882. The van der Waals surface area contributed by atoms with Gasteiger partial charge in [0, 0.05) is 18.0 Å². The normalized spacial score (nSPS) is 26.3. The Balaban J connectivity index is 1.57. The standard InChI is InChI=1S/C16H22N2O2S/c19-16(20)14-5-3-7-17-15(14)21-11-12-6-9-18-8-2-1-4-13(18)10-12/h3,5,7,12-13H,1-2,4,6,8-11H2,(H,19,20). The van der Waals surface area contributed by atoms with Gasteiger partial charge in [0.15, 0.2) is 0 Å². The first kappa shape index (κ1) is 14.9. The largest absolute Gasteiger partial charge is 0.478 e. The molecule has 0 amide bonds. The number of rotatable bonds is 4. The third-order valence-electron chi connectivity index (χ3n) is 4.64. The van der Waals surface area contributed by atoms with Gasteiger partial charge in [0.2, 0.25) is 0 Å². The average Bonchev–Trinajstić information content (AvgIpc) is 2.53. The van der Waals surface area contributed by atoms with E-state index in [9.17, 15) is 9.90 Å². The van der Waals surface area contributed by atoms with Crippen molar-refractivity contribution < 1.29 is 9.90 Å². The molecule has 2 unspecified atom stereocenters. The zero-order valence-corrected chi connectivity index (χ0v) is 13.0. The summed E-state index contributed by atoms with van der Waals surface area (Å²) in [4.78, 5) is 18.1. The summed E-state index contributed by atoms with van der Waals surface area (Å²) in [7, 11) is 0. The molecule has 2 saturated heterocycles. The second-order valence-corrected chi connectivity index (χ2v) is 7.06. The summed E-state index contributed by atoms with van der Waals surface area (Å²) in [6, 6.07) is 4.09. The molecular formula is C16H22N2O2S. The van der Waals surface area contributed by atoms with E-state index in [-0.39, 0.29) is 0 Å². The lowest BCUT2D eigenvalue weighted by Crippen LogP contribution is -2.45. The number of carboxylic acids is 1. The third kappa shape index (κ3) is 3.58. The van der Waals surface area contributed by atoms with Crippen molar-refractivity contribution >= 4 is 17.7 Å². The Morgan fingerprint density at radius 3 is 3.14 bits per heavy atom. The van der Waals surface area contributed by atoms with E-state index in [1.54, 1.807) is 30.1 Å². The van der Waals surface area contributed by atoms with Crippen LogP contribution in [-0.2, 0) is 0 Å². The highest BCUT2D eigenvalue weighted by Gasteiger charge is 2.30. The number of aromatic carboxylic acids is 1. The van der Waals surface area contributed by atoms with Crippen LogP contribution in [-0.4, -0.2) is 45.8 Å². The van der Waals surface area contributed by atoms with Crippen molar-refractivity contribution in [2.45, 2.75) is 43.2 Å². The zero-order valence-electron chi connectivity index (χ0n) is 12.2. The van der Waals surface area contributed by atoms with Crippen LogP contribution < -0.4 is 0 Å². The van der Waals surface area contributed by atoms with Crippen molar-refractivity contribution in [2.24, 2.45) is 5.92 Å². The number of piperidine rings is 2. The molecule has 0 bridgehead atoms. The van der Waals surface area contributed by atoms with E-state index in [0.717, 1.165) is 11.8 Å². The lowest BCUT2D eigenvalue weighted by Gasteiger charge is -2.42. The van der Waals surface area contributed by atoms with Crippen molar-refractivity contribution in [2.75, 3.05) is 18.8 Å². The maximum atomic E-state index is 11.2. The smallest absolute Gasteiger partial charge is 0.338 e. The maximum Gasteiger partial charge on any atom is 0.338 e. The minimum Gasteiger partial charge on any atom is -0.478 e. The summed E-state index contributed by atoms with van der Waals surface area (Å²) in [6.07, 6.45) is 8.24. The second-order valence-electron chi connectivity index (χ2n) is 6.05. The van der Waals surface area contributed by atoms with E-state index in [4.69, 9.17) is 0 Å². The van der Waals surface area contributed by atoms with Crippen LogP contribution in [0.2, 0.25) is 0 Å². The van der Waals surface area contributed by atoms with Crippen LogP contribution in [0.4, 0.5) is 0 Å². The molecule has 0 aliphatic carbocycles. The van der Waals surface area contributed by atoms with Crippen molar-refractivity contribution in [3.8, 4) is 0 Å². The zero-order chi connectivity index (χ0) is 14.7. The molecule has 5 heteroatoms. The molecule has 0 aromatic carbocycles. The molecule has 1 aromatic heterocycles. The molecule has 2 aliphatic heterocycles. The first-order valence-corrected chi connectivity index (χ1v) is 8.78. The fourth-order valence-electron chi connectivity index (χ4n) is 3.49. The SMILES string of the molecule is O=C(O)c1cccnc1SCC1CCN2CCCCC2C1. The molecule has 0 saturated carbocycles. The van der Waals surface area contributed by atoms with Crippen molar-refractivity contribution in [3.05, 3.63) is 23.9 Å². The van der Waals surface area contributed by atoms with E-state index in [0.29, 0.717) is 16.5 Å². The van der Waals surface area contributed by atoms with Gasteiger partial charge in [-0.3, -0.25) is 0 Å². The molecule has 0 radical (unpaired) electrons. The summed E-state index contributed by atoms with van der Waals surface area (Å²) in [5.41, 5.74) is 0.331. The van der Waals surface area contributed by atoms with Gasteiger partial charge < -0.3 is 10.0 Å². The number of carboxylic acid groups (broad SMARTS) is 1. The highest BCUT2D eigenvalue weighted by atomic mass is 32.2. The maximum absolute atomic E-state index is 11.2. The predicted octanol–water partition coefficient (Wildman–Crippen LogP) is 3.14. The summed E-state index contributed by atoms with van der Waals surface area (Å²) < 4.78 is 0. The third-order valence-corrected chi connectivity index (χ3v) is 5.87. The molecule has 21 heavy (non-hydrogen) atoms. The number of hydrogen-bond acceptors (Lipinski definition) is 4. The topological polar surface area (TPSA) is 53.4 Å². The Hall–Kier alpha value is -1.07. The van der Waals surface area contributed by atoms with E-state index >= 15 is 0 Å². The Bertz CT molecular complexity index is 509. The first-order valence-electron chi connectivity index (χ1n) is 7.79. The van der Waals surface area contributed by atoms with Gasteiger partial charge >= 0.3 is 5.97 Å². The fourth-order valence-corrected chi connectivity index (χ4v) is 4.63. The van der Waals surface area contributed by atoms with Gasteiger partial charge in [0.1, 0.15) is 5.03 Å². The van der Waals surface area contributed by atoms with E-state index in [2.05, 4.69) is 9.88 Å². The van der Waals surface area contributed by atoms with E-state index in [1.165, 1.54) is 45.2 Å². The van der Waals surface area contributed by atoms with Crippen LogP contribution in [0.5, 0.6) is 0 Å². The lowest BCUT2D eigenvalue weighted by molar-refractivity contribution is 0.0692. The summed E-state index contributed by atoms with van der Waals surface area (Å²) in [5, 5.41) is 9.86. The molecule has 2 atom stereocenters. The van der Waals surface area contributed by atoms with Gasteiger partial charge in [-0.25, -0.2) is 9.78 Å². The van der Waals surface area contributed by atoms with Crippen molar-refractivity contribution in [3.63, 3.8) is 0 Å². The molecule has 3 heterocycles. The Kier molecular flexibility index (Phi) is 4.80. The average molecular weight is 306 g/mol. The van der Waals surface area contributed by atoms with Crippen LogP contribution >= 0.6 is 11.8 Å². The second kappa shape index (κ2) is 6.79. The molecule has 3 rings (SSSR count). The number of fused-ring (bicyclic) bond motifs is 1. The summed E-state index contributed by atoms with van der Waals surface area (Å²) >= 11 is 1.61. The number of carbonyl (C=O) groups is 1. The molecule has 1 aromatic rings. The Labute approximate surface area is 129 Å². The molecule has 2 aliphatic rings. The molecule has 114 valence electrons. The van der Waals surface area contributed by atoms with E-state index < -0.39 is 5.97 Å². The molecule has 2 fully saturated rings. The number of nitrogens with zero attached hydrogens (tertiary/aromatic N) is 2. The van der Waals surface area contributed by atoms with Crippen LogP contribution in [0.25, 0.3) is 0 Å². The summed E-state index contributed by atoms with van der Waals surface area (Å²) in [5.74, 6) is 0.799. The first-order chi connectivity index (χ1) is 10.2. The fraction of sp³-hybridized carbons (Fsp3) is 0.625. The summed E-state index contributed by atoms with van der Waals surface area (Å²) in [6.45, 7) is 2.48. The Morgan fingerprint density at radius 1 is 1.38 bits per heavy atom. The number of pyridine rings is 1. The number of aromatic nitrogens is 1. The quantitative estimate of drug-likeness (QED) is 0.866. The number of hydrogen-bond donors (Lipinski definition) is 1. The van der Waals surface area contributed by atoms with Gasteiger partial charge in [-0.05, 0) is 56.8 Å². The van der Waals surface area contributed by atoms with Crippen LogP contribution in [0.15, 0.2) is 23.4 Å². The van der Waals surface area contributed by atoms with Crippen LogP contribution in [0, 0.1) is 5.92 Å². The van der Waals surface area contributed by atoms with Gasteiger partial charge in [0.05, 0.1) is 5.56 Å². The highest BCUT2D eigenvalue weighted by Crippen LogP contribution is 2.33. The van der Waals surface area contributed by atoms with Gasteiger partial charge in [0.25, 0.3) is 0 Å². The van der Waals surface area contributed by atoms with Crippen molar-refractivity contribution in [1.29, 1.82) is 0 Å². The van der Waals surface area contributed by atoms with Gasteiger partial charge in [-0.2, -0.15) is 0 Å². The minimum absolute atomic E-state index is 0.331. The van der Waals surface area contributed by atoms with Crippen molar-refractivity contribution in [1.82, 2.24) is 9.88 Å². The molecule has 1 N–H and O–H groups in total. The lowest BCUT2D eigenvalue weighted by atomic mass is 9.87. The van der Waals surface area contributed by atoms with Gasteiger partial charge in [-0.1, -0.05) is 6.42 Å². The number of thioether (sulfide) groups is 1. The molecular weight excluding hydrogens is 284 g/mol. The van der Waals surface area contributed by atoms with E-state index in [1.807, 2.05) is 0 Å².